The quantitative estimate of drug-likeness (QED) is 0.840. The first-order valence-corrected chi connectivity index (χ1v) is 5.64. The second-order valence-corrected chi connectivity index (χ2v) is 4.49. The van der Waals surface area contributed by atoms with Crippen LogP contribution in [0.1, 0.15) is 24.0 Å². The van der Waals surface area contributed by atoms with Crippen molar-refractivity contribution >= 4 is 11.6 Å². The fraction of sp³-hybridized carbons (Fsp3) is 0.500. The van der Waals surface area contributed by atoms with Gasteiger partial charge in [0.25, 0.3) is 0 Å². The van der Waals surface area contributed by atoms with Crippen molar-refractivity contribution in [1.82, 2.24) is 0 Å². The van der Waals surface area contributed by atoms with E-state index in [0.717, 1.165) is 24.3 Å². The third-order valence-electron chi connectivity index (χ3n) is 3.31. The zero-order chi connectivity index (χ0) is 10.9. The van der Waals surface area contributed by atoms with Crippen LogP contribution in [0.5, 0.6) is 0 Å². The Morgan fingerprint density at radius 1 is 1.53 bits per heavy atom. The van der Waals surface area contributed by atoms with Gasteiger partial charge in [-0.1, -0.05) is 17.7 Å². The molecule has 0 amide bonds. The van der Waals surface area contributed by atoms with Crippen molar-refractivity contribution in [2.75, 3.05) is 13.7 Å². The Morgan fingerprint density at radius 2 is 2.33 bits per heavy atom. The first-order chi connectivity index (χ1) is 7.22. The van der Waals surface area contributed by atoms with Gasteiger partial charge in [-0.15, -0.1) is 0 Å². The molecule has 0 radical (unpaired) electrons. The minimum Gasteiger partial charge on any atom is -0.372 e. The van der Waals surface area contributed by atoms with Crippen molar-refractivity contribution in [3.05, 3.63) is 34.3 Å². The van der Waals surface area contributed by atoms with E-state index in [1.807, 2.05) is 12.1 Å². The summed E-state index contributed by atoms with van der Waals surface area (Å²) in [5.74, 6) is 0. The van der Waals surface area contributed by atoms with Gasteiger partial charge < -0.3 is 10.5 Å². The maximum Gasteiger partial charge on any atom is 0.105 e. The van der Waals surface area contributed by atoms with E-state index in [9.17, 15) is 0 Å². The van der Waals surface area contributed by atoms with Crippen LogP contribution in [0.2, 0.25) is 5.02 Å². The number of nitrogens with two attached hydrogens (primary N) is 1. The van der Waals surface area contributed by atoms with Crippen molar-refractivity contribution in [2.45, 2.75) is 24.9 Å². The number of methoxy groups -OCH3 is 1. The highest BCUT2D eigenvalue weighted by Crippen LogP contribution is 2.38. The molecule has 1 aliphatic rings. The van der Waals surface area contributed by atoms with Gasteiger partial charge in [0.2, 0.25) is 0 Å². The second-order valence-electron chi connectivity index (χ2n) is 4.06. The minimum atomic E-state index is -0.321. The highest BCUT2D eigenvalue weighted by molar-refractivity contribution is 6.30. The Balaban J connectivity index is 2.53. The molecule has 0 bridgehead atoms. The largest absolute Gasteiger partial charge is 0.372 e. The molecular formula is C12H16ClNO. The number of rotatable bonds is 2. The van der Waals surface area contributed by atoms with E-state index in [-0.39, 0.29) is 5.60 Å². The zero-order valence-electron chi connectivity index (χ0n) is 8.92. The molecule has 0 saturated heterocycles. The number of hydrogen-bond acceptors (Lipinski definition) is 2. The summed E-state index contributed by atoms with van der Waals surface area (Å²) in [5.41, 5.74) is 8.01. The van der Waals surface area contributed by atoms with E-state index in [4.69, 9.17) is 22.1 Å². The van der Waals surface area contributed by atoms with E-state index in [1.54, 1.807) is 7.11 Å². The van der Waals surface area contributed by atoms with Gasteiger partial charge in [-0.25, -0.2) is 0 Å². The maximum absolute atomic E-state index is 6.02. The molecular weight excluding hydrogens is 210 g/mol. The molecule has 1 aromatic rings. The molecule has 2 rings (SSSR count). The van der Waals surface area contributed by atoms with Crippen molar-refractivity contribution < 1.29 is 4.74 Å². The van der Waals surface area contributed by atoms with Crippen LogP contribution in [-0.2, 0) is 16.8 Å². The van der Waals surface area contributed by atoms with E-state index in [1.165, 1.54) is 11.1 Å². The molecule has 82 valence electrons. The molecule has 0 heterocycles. The van der Waals surface area contributed by atoms with Gasteiger partial charge in [-0.05, 0) is 42.5 Å². The number of hydrogen-bond donors (Lipinski definition) is 1. The summed E-state index contributed by atoms with van der Waals surface area (Å²) < 4.78 is 5.63. The molecule has 0 aromatic heterocycles. The summed E-state index contributed by atoms with van der Waals surface area (Å²) in [4.78, 5) is 0. The molecule has 2 nitrogen and oxygen atoms in total. The fourth-order valence-corrected chi connectivity index (χ4v) is 2.57. The van der Waals surface area contributed by atoms with E-state index in [0.29, 0.717) is 6.54 Å². The van der Waals surface area contributed by atoms with E-state index >= 15 is 0 Å². The number of benzene rings is 1. The standard InChI is InChI=1S/C12H16ClNO/c1-15-12(8-14)6-2-3-9-4-5-10(13)7-11(9)12/h4-5,7H,2-3,6,8,14H2,1H3. The van der Waals surface area contributed by atoms with E-state index < -0.39 is 0 Å². The van der Waals surface area contributed by atoms with Crippen LogP contribution >= 0.6 is 11.6 Å². The SMILES string of the molecule is COC1(CN)CCCc2ccc(Cl)cc21. The number of halogens is 1. The van der Waals surface area contributed by atoms with Crippen molar-refractivity contribution in [3.63, 3.8) is 0 Å². The van der Waals surface area contributed by atoms with Gasteiger partial charge in [0.05, 0.1) is 0 Å². The van der Waals surface area contributed by atoms with E-state index in [2.05, 4.69) is 6.07 Å². The molecule has 0 spiro atoms. The summed E-state index contributed by atoms with van der Waals surface area (Å²) in [5, 5.41) is 0.755. The molecule has 1 unspecified atom stereocenters. The second kappa shape index (κ2) is 4.12. The lowest BCUT2D eigenvalue weighted by molar-refractivity contribution is -0.0211. The van der Waals surface area contributed by atoms with Gasteiger partial charge >= 0.3 is 0 Å². The van der Waals surface area contributed by atoms with Crippen LogP contribution in [0.15, 0.2) is 18.2 Å². The minimum absolute atomic E-state index is 0.321. The molecule has 0 fully saturated rings. The van der Waals surface area contributed by atoms with Crippen molar-refractivity contribution in [2.24, 2.45) is 5.73 Å². The van der Waals surface area contributed by atoms with Gasteiger partial charge in [-0.2, -0.15) is 0 Å². The Bertz CT molecular complexity index is 361. The topological polar surface area (TPSA) is 35.2 Å². The number of aryl methyl sites for hydroxylation is 1. The fourth-order valence-electron chi connectivity index (χ4n) is 2.40. The normalized spacial score (nSPS) is 25.0. The van der Waals surface area contributed by atoms with Gasteiger partial charge in [0, 0.05) is 18.7 Å². The van der Waals surface area contributed by atoms with Crippen LogP contribution < -0.4 is 5.73 Å². The predicted octanol–water partition coefficient (Wildman–Crippen LogP) is 2.48. The highest BCUT2D eigenvalue weighted by atomic mass is 35.5. The molecule has 0 saturated carbocycles. The molecule has 1 aliphatic carbocycles. The smallest absolute Gasteiger partial charge is 0.105 e. The van der Waals surface area contributed by atoms with Gasteiger partial charge in [-0.3, -0.25) is 0 Å². The molecule has 1 atom stereocenters. The summed E-state index contributed by atoms with van der Waals surface area (Å²) in [6.45, 7) is 0.511. The van der Waals surface area contributed by atoms with Gasteiger partial charge in [0.15, 0.2) is 0 Å². The van der Waals surface area contributed by atoms with Gasteiger partial charge in [0.1, 0.15) is 5.60 Å². The highest BCUT2D eigenvalue weighted by Gasteiger charge is 2.35. The monoisotopic (exact) mass is 225 g/mol. The molecule has 0 aliphatic heterocycles. The van der Waals surface area contributed by atoms with Crippen LogP contribution in [0.3, 0.4) is 0 Å². The van der Waals surface area contributed by atoms with Crippen LogP contribution in [0.25, 0.3) is 0 Å². The lowest BCUT2D eigenvalue weighted by Crippen LogP contribution is -2.40. The van der Waals surface area contributed by atoms with Crippen molar-refractivity contribution in [3.8, 4) is 0 Å². The maximum atomic E-state index is 6.02. The number of ether oxygens (including phenoxy) is 1. The lowest BCUT2D eigenvalue weighted by Gasteiger charge is -2.37. The Morgan fingerprint density at radius 3 is 3.00 bits per heavy atom. The zero-order valence-corrected chi connectivity index (χ0v) is 9.68. The lowest BCUT2D eigenvalue weighted by atomic mass is 9.79. The predicted molar refractivity (Wildman–Crippen MR) is 62.1 cm³/mol. The Labute approximate surface area is 95.4 Å². The first-order valence-electron chi connectivity index (χ1n) is 5.26. The summed E-state index contributed by atoms with van der Waals surface area (Å²) in [7, 11) is 1.73. The van der Waals surface area contributed by atoms with Crippen LogP contribution in [-0.4, -0.2) is 13.7 Å². The molecule has 3 heteroatoms. The Hall–Kier alpha value is -0.570. The summed E-state index contributed by atoms with van der Waals surface area (Å²) in [6, 6.07) is 6.01. The average molecular weight is 226 g/mol. The van der Waals surface area contributed by atoms with Crippen LogP contribution in [0.4, 0.5) is 0 Å². The third-order valence-corrected chi connectivity index (χ3v) is 3.55. The first kappa shape index (κ1) is 10.9. The van der Waals surface area contributed by atoms with Crippen LogP contribution in [0, 0.1) is 0 Å². The average Bonchev–Trinajstić information content (AvgIpc) is 2.28. The summed E-state index contributed by atoms with van der Waals surface area (Å²) >= 11 is 6.02. The molecule has 2 N–H and O–H groups in total. The number of fused-ring (bicyclic) bond motifs is 1. The van der Waals surface area contributed by atoms with Crippen molar-refractivity contribution in [1.29, 1.82) is 0 Å². The third kappa shape index (κ3) is 1.78. The molecule has 15 heavy (non-hydrogen) atoms. The Kier molecular flexibility index (Phi) is 3.01. The molecule has 1 aromatic carbocycles. The summed E-state index contributed by atoms with van der Waals surface area (Å²) in [6.07, 6.45) is 3.20.